The highest BCUT2D eigenvalue weighted by atomic mass is 35.5. The number of hydrogen-bond acceptors (Lipinski definition) is 5. The van der Waals surface area contributed by atoms with Crippen LogP contribution < -0.4 is 9.47 Å². The van der Waals surface area contributed by atoms with Crippen molar-refractivity contribution in [2.45, 2.75) is 29.9 Å². The number of benzene rings is 2. The average Bonchev–Trinajstić information content (AvgIpc) is 2.83. The number of ether oxygens (including phenoxy) is 2. The number of methoxy groups -OCH3 is 1. The third-order valence-electron chi connectivity index (χ3n) is 4.82. The molecule has 5 nitrogen and oxygen atoms in total. The number of halogens is 1. The monoisotopic (exact) mass is 483 g/mol. The van der Waals surface area contributed by atoms with Gasteiger partial charge in [0.15, 0.2) is 0 Å². The predicted octanol–water partition coefficient (Wildman–Crippen LogP) is 6.54. The Morgan fingerprint density at radius 3 is 2.61 bits per heavy atom. The van der Waals surface area contributed by atoms with Gasteiger partial charge < -0.3 is 14.6 Å². The Labute approximate surface area is 203 Å². The van der Waals surface area contributed by atoms with Gasteiger partial charge in [-0.25, -0.2) is 9.78 Å². The molecule has 0 saturated carbocycles. The summed E-state index contributed by atoms with van der Waals surface area (Å²) in [5.74, 6) is 1.01. The number of aliphatic carboxylic acids is 1. The number of unbranched alkanes of at least 4 members (excludes halogenated alkanes) is 1. The molecule has 0 radical (unpaired) electrons. The van der Waals surface area contributed by atoms with Crippen molar-refractivity contribution in [1.82, 2.24) is 4.98 Å². The summed E-state index contributed by atoms with van der Waals surface area (Å²) < 4.78 is 11.1. The van der Waals surface area contributed by atoms with Crippen LogP contribution >= 0.6 is 23.4 Å². The molecule has 0 spiro atoms. The molecule has 3 aromatic rings. The number of thioether (sulfide) groups is 1. The second-order valence-electron chi connectivity index (χ2n) is 7.23. The van der Waals surface area contributed by atoms with Crippen molar-refractivity contribution in [3.8, 4) is 11.5 Å². The Bertz CT molecular complexity index is 1090. The Hall–Kier alpha value is -2.96. The second-order valence-corrected chi connectivity index (χ2v) is 8.65. The minimum absolute atomic E-state index is 0.504. The number of aromatic nitrogens is 1. The van der Waals surface area contributed by atoms with Crippen LogP contribution in [0.25, 0.3) is 6.08 Å². The van der Waals surface area contributed by atoms with Crippen molar-refractivity contribution >= 4 is 35.4 Å². The molecule has 0 saturated heterocycles. The van der Waals surface area contributed by atoms with Gasteiger partial charge in [-0.1, -0.05) is 35.9 Å². The van der Waals surface area contributed by atoms with E-state index >= 15 is 0 Å². The Balaban J connectivity index is 1.56. The lowest BCUT2D eigenvalue weighted by Crippen LogP contribution is -2.02. The van der Waals surface area contributed by atoms with Crippen LogP contribution in [0.15, 0.2) is 71.6 Å². The second kappa shape index (κ2) is 12.9. The van der Waals surface area contributed by atoms with Crippen molar-refractivity contribution in [2.75, 3.05) is 13.7 Å². The number of carbonyl (C=O) groups is 1. The lowest BCUT2D eigenvalue weighted by atomic mass is 10.1. The zero-order chi connectivity index (χ0) is 23.5. The lowest BCUT2D eigenvalue weighted by molar-refractivity contribution is -0.131. The van der Waals surface area contributed by atoms with Crippen LogP contribution in [0.5, 0.6) is 11.5 Å². The number of aryl methyl sites for hydroxylation is 1. The molecule has 0 aliphatic carbocycles. The molecular formula is C26H26ClNO4S. The van der Waals surface area contributed by atoms with Gasteiger partial charge in [-0.05, 0) is 67.3 Å². The van der Waals surface area contributed by atoms with Gasteiger partial charge >= 0.3 is 5.97 Å². The molecule has 1 N–H and O–H groups in total. The largest absolute Gasteiger partial charge is 0.497 e. The van der Waals surface area contributed by atoms with Gasteiger partial charge in [0.25, 0.3) is 0 Å². The minimum atomic E-state index is -1.03. The van der Waals surface area contributed by atoms with E-state index in [1.54, 1.807) is 18.9 Å². The number of hydrogen-bond donors (Lipinski definition) is 1. The van der Waals surface area contributed by atoms with Gasteiger partial charge in [0.2, 0.25) is 0 Å². The van der Waals surface area contributed by atoms with Crippen LogP contribution in [0.4, 0.5) is 0 Å². The summed E-state index contributed by atoms with van der Waals surface area (Å²) in [6.07, 6.45) is 5.35. The summed E-state index contributed by atoms with van der Waals surface area (Å²) in [5.41, 5.74) is 2.57. The molecule has 1 aromatic heterocycles. The molecule has 7 heteroatoms. The molecule has 33 heavy (non-hydrogen) atoms. The van der Waals surface area contributed by atoms with E-state index < -0.39 is 5.97 Å². The third-order valence-corrected chi connectivity index (χ3v) is 6.36. The first-order valence-corrected chi connectivity index (χ1v) is 12.0. The van der Waals surface area contributed by atoms with Crippen LogP contribution in [-0.4, -0.2) is 29.8 Å². The number of pyridine rings is 1. The Kier molecular flexibility index (Phi) is 9.66. The highest BCUT2D eigenvalue weighted by Crippen LogP contribution is 2.30. The zero-order valence-corrected chi connectivity index (χ0v) is 19.9. The van der Waals surface area contributed by atoms with Gasteiger partial charge in [-0.3, -0.25) is 0 Å². The smallest absolute Gasteiger partial charge is 0.328 e. The number of nitrogens with zero attached hydrogens (tertiary/aromatic N) is 1. The molecule has 0 aliphatic rings. The standard InChI is InChI=1S/C26H26ClNO4S/c1-31-21-12-9-19(10-13-21)6-4-5-17-32-24-15-11-20(28-23(24)14-16-26(29)30)18-33-25-8-3-2-7-22(25)27/h2-3,7-16H,4-6,17-18H2,1H3,(H,29,30)/b16-14+. The molecular weight excluding hydrogens is 458 g/mol. The Morgan fingerprint density at radius 2 is 1.88 bits per heavy atom. The van der Waals surface area contributed by atoms with E-state index in [1.807, 2.05) is 48.5 Å². The summed E-state index contributed by atoms with van der Waals surface area (Å²) in [7, 11) is 1.66. The minimum Gasteiger partial charge on any atom is -0.497 e. The van der Waals surface area contributed by atoms with E-state index in [-0.39, 0.29) is 0 Å². The van der Waals surface area contributed by atoms with Crippen LogP contribution in [-0.2, 0) is 17.0 Å². The molecule has 3 rings (SSSR count). The van der Waals surface area contributed by atoms with Crippen molar-refractivity contribution < 1.29 is 19.4 Å². The fraction of sp³-hybridized carbons (Fsp3) is 0.231. The first-order chi connectivity index (χ1) is 16.0. The van der Waals surface area contributed by atoms with Gasteiger partial charge in [0, 0.05) is 16.7 Å². The fourth-order valence-corrected chi connectivity index (χ4v) is 4.24. The lowest BCUT2D eigenvalue weighted by Gasteiger charge is -2.11. The summed E-state index contributed by atoms with van der Waals surface area (Å²) in [5, 5.41) is 9.72. The molecule has 0 fully saturated rings. The molecule has 1 heterocycles. The molecule has 0 unspecified atom stereocenters. The van der Waals surface area contributed by atoms with E-state index in [0.717, 1.165) is 41.7 Å². The van der Waals surface area contributed by atoms with Gasteiger partial charge in [-0.2, -0.15) is 0 Å². The molecule has 2 aromatic carbocycles. The quantitative estimate of drug-likeness (QED) is 0.179. The van der Waals surface area contributed by atoms with Crippen LogP contribution in [0.1, 0.15) is 29.8 Å². The summed E-state index contributed by atoms with van der Waals surface area (Å²) in [4.78, 5) is 16.6. The molecule has 0 atom stereocenters. The van der Waals surface area contributed by atoms with Gasteiger partial charge in [0.05, 0.1) is 24.4 Å². The van der Waals surface area contributed by atoms with E-state index in [0.29, 0.717) is 28.8 Å². The summed E-state index contributed by atoms with van der Waals surface area (Å²) in [6.45, 7) is 0.527. The average molecular weight is 484 g/mol. The molecule has 172 valence electrons. The molecule has 0 aliphatic heterocycles. The maximum Gasteiger partial charge on any atom is 0.328 e. The van der Waals surface area contributed by atoms with Crippen molar-refractivity contribution in [1.29, 1.82) is 0 Å². The van der Waals surface area contributed by atoms with Gasteiger partial charge in [-0.15, -0.1) is 11.8 Å². The highest BCUT2D eigenvalue weighted by molar-refractivity contribution is 7.98. The van der Waals surface area contributed by atoms with E-state index in [1.165, 1.54) is 11.6 Å². The van der Waals surface area contributed by atoms with E-state index in [4.69, 9.17) is 26.2 Å². The fourth-order valence-electron chi connectivity index (χ4n) is 3.10. The Morgan fingerprint density at radius 1 is 1.09 bits per heavy atom. The maximum atomic E-state index is 11.0. The normalized spacial score (nSPS) is 11.0. The maximum absolute atomic E-state index is 11.0. The summed E-state index contributed by atoms with van der Waals surface area (Å²) in [6, 6.07) is 19.4. The number of carboxylic acids is 1. The molecule has 0 bridgehead atoms. The first-order valence-electron chi connectivity index (χ1n) is 10.6. The van der Waals surface area contributed by atoms with E-state index in [2.05, 4.69) is 17.1 Å². The third kappa shape index (κ3) is 8.15. The molecule has 0 amide bonds. The van der Waals surface area contributed by atoms with E-state index in [9.17, 15) is 4.79 Å². The number of carboxylic acid groups (broad SMARTS) is 1. The topological polar surface area (TPSA) is 68.7 Å². The van der Waals surface area contributed by atoms with Crippen LogP contribution in [0.2, 0.25) is 5.02 Å². The highest BCUT2D eigenvalue weighted by Gasteiger charge is 2.08. The predicted molar refractivity (Wildman–Crippen MR) is 133 cm³/mol. The van der Waals surface area contributed by atoms with Crippen LogP contribution in [0, 0.1) is 0 Å². The number of rotatable bonds is 12. The zero-order valence-electron chi connectivity index (χ0n) is 18.4. The van der Waals surface area contributed by atoms with Crippen molar-refractivity contribution in [3.05, 3.63) is 88.7 Å². The van der Waals surface area contributed by atoms with Crippen molar-refractivity contribution in [2.24, 2.45) is 0 Å². The SMILES string of the molecule is COc1ccc(CCCCOc2ccc(CSc3ccccc3Cl)nc2/C=C/C(=O)O)cc1. The first kappa shape index (κ1) is 24.7. The van der Waals surface area contributed by atoms with Gasteiger partial charge in [0.1, 0.15) is 17.2 Å². The summed E-state index contributed by atoms with van der Waals surface area (Å²) >= 11 is 7.80. The van der Waals surface area contributed by atoms with Crippen molar-refractivity contribution in [3.63, 3.8) is 0 Å². The van der Waals surface area contributed by atoms with Crippen LogP contribution in [0.3, 0.4) is 0 Å².